The van der Waals surface area contributed by atoms with Crippen molar-refractivity contribution in [3.8, 4) is 11.5 Å². The number of carbonyl (C=O) groups excluding carboxylic acids is 2. The van der Waals surface area contributed by atoms with Crippen molar-refractivity contribution in [1.29, 1.82) is 0 Å². The van der Waals surface area contributed by atoms with Gasteiger partial charge in [0.15, 0.2) is 0 Å². The first kappa shape index (κ1) is 20.3. The average Bonchev–Trinajstić information content (AvgIpc) is 3.01. The fourth-order valence-electron chi connectivity index (χ4n) is 4.21. The van der Waals surface area contributed by atoms with Crippen LogP contribution in [0.5, 0.6) is 11.5 Å². The summed E-state index contributed by atoms with van der Waals surface area (Å²) in [6.45, 7) is 6.18. The topological polar surface area (TPSA) is 85.7 Å². The maximum absolute atomic E-state index is 12.7. The second kappa shape index (κ2) is 8.01. The Bertz CT molecular complexity index is 960. The van der Waals surface area contributed by atoms with Gasteiger partial charge in [-0.1, -0.05) is 0 Å². The summed E-state index contributed by atoms with van der Waals surface area (Å²) < 4.78 is 13.4. The summed E-state index contributed by atoms with van der Waals surface area (Å²) in [5, 5.41) is 7.40. The number of nitrogens with one attached hydrogen (secondary N) is 1. The smallest absolute Gasteiger partial charge is 0.255 e. The Hall–Kier alpha value is -3.03. The second-order valence-corrected chi connectivity index (χ2v) is 8.11. The highest BCUT2D eigenvalue weighted by Crippen LogP contribution is 2.34. The van der Waals surface area contributed by atoms with Crippen molar-refractivity contribution in [3.63, 3.8) is 0 Å². The molecule has 1 aromatic carbocycles. The minimum absolute atomic E-state index is 0.125. The highest BCUT2D eigenvalue weighted by atomic mass is 16.5. The van der Waals surface area contributed by atoms with Crippen molar-refractivity contribution in [1.82, 2.24) is 20.0 Å². The van der Waals surface area contributed by atoms with Crippen molar-refractivity contribution < 1.29 is 19.1 Å². The first-order valence-electron chi connectivity index (χ1n) is 10.3. The fraction of sp³-hybridized carbons (Fsp3) is 0.500. The number of amides is 2. The molecule has 2 aromatic rings. The van der Waals surface area contributed by atoms with Crippen LogP contribution in [0.3, 0.4) is 0 Å². The number of likely N-dealkylation sites (tertiary alicyclic amines) is 1. The van der Waals surface area contributed by atoms with Crippen molar-refractivity contribution in [3.05, 3.63) is 41.2 Å². The SMILES string of the molecule is COc1ccc2c(c1)C(=O)NCC1(CCN(C(=O)CCn3nc(C)cc3C)CC1)O2. The van der Waals surface area contributed by atoms with Crippen molar-refractivity contribution in [2.24, 2.45) is 0 Å². The Balaban J connectivity index is 1.38. The number of piperidine rings is 1. The Morgan fingerprint density at radius 1 is 1.27 bits per heavy atom. The van der Waals surface area contributed by atoms with E-state index in [1.165, 1.54) is 0 Å². The van der Waals surface area contributed by atoms with Crippen molar-refractivity contribution >= 4 is 11.8 Å². The van der Waals surface area contributed by atoms with Gasteiger partial charge in [0, 0.05) is 44.6 Å². The van der Waals surface area contributed by atoms with Gasteiger partial charge in [-0.25, -0.2) is 0 Å². The minimum atomic E-state index is -0.498. The van der Waals surface area contributed by atoms with E-state index in [4.69, 9.17) is 9.47 Å². The van der Waals surface area contributed by atoms with Crippen LogP contribution < -0.4 is 14.8 Å². The molecule has 2 amide bonds. The van der Waals surface area contributed by atoms with Crippen LogP contribution in [0.25, 0.3) is 0 Å². The number of rotatable bonds is 4. The predicted molar refractivity (Wildman–Crippen MR) is 111 cm³/mol. The first-order valence-corrected chi connectivity index (χ1v) is 10.3. The third kappa shape index (κ3) is 3.99. The third-order valence-electron chi connectivity index (χ3n) is 6.00. The van der Waals surface area contributed by atoms with E-state index in [2.05, 4.69) is 10.4 Å². The van der Waals surface area contributed by atoms with Gasteiger partial charge in [-0.3, -0.25) is 14.3 Å². The Kier molecular flexibility index (Phi) is 5.40. The van der Waals surface area contributed by atoms with Gasteiger partial charge in [-0.05, 0) is 38.1 Å². The Labute approximate surface area is 176 Å². The summed E-state index contributed by atoms with van der Waals surface area (Å²) in [7, 11) is 1.57. The minimum Gasteiger partial charge on any atom is -0.497 e. The molecule has 1 N–H and O–H groups in total. The molecule has 3 heterocycles. The average molecular weight is 412 g/mol. The molecule has 1 saturated heterocycles. The van der Waals surface area contributed by atoms with Crippen LogP contribution in [-0.2, 0) is 11.3 Å². The summed E-state index contributed by atoms with van der Waals surface area (Å²) in [4.78, 5) is 27.1. The van der Waals surface area contributed by atoms with E-state index >= 15 is 0 Å². The molecule has 160 valence electrons. The van der Waals surface area contributed by atoms with Crippen LogP contribution in [0, 0.1) is 13.8 Å². The zero-order valence-corrected chi connectivity index (χ0v) is 17.7. The predicted octanol–water partition coefficient (Wildman–Crippen LogP) is 2.08. The van der Waals surface area contributed by atoms with Gasteiger partial charge in [-0.2, -0.15) is 5.10 Å². The van der Waals surface area contributed by atoms with Gasteiger partial charge in [0.05, 0.1) is 24.9 Å². The van der Waals surface area contributed by atoms with Crippen LogP contribution in [0.2, 0.25) is 0 Å². The normalized spacial score (nSPS) is 17.7. The molecule has 8 nitrogen and oxygen atoms in total. The van der Waals surface area contributed by atoms with Crippen LogP contribution in [0.4, 0.5) is 0 Å². The molecule has 2 aliphatic heterocycles. The molecule has 1 spiro atoms. The van der Waals surface area contributed by atoms with Crippen LogP contribution >= 0.6 is 0 Å². The lowest BCUT2D eigenvalue weighted by molar-refractivity contribution is -0.134. The Morgan fingerprint density at radius 2 is 2.03 bits per heavy atom. The molecule has 0 aliphatic carbocycles. The maximum Gasteiger partial charge on any atom is 0.255 e. The molecule has 30 heavy (non-hydrogen) atoms. The number of aromatic nitrogens is 2. The molecule has 0 radical (unpaired) electrons. The molecule has 8 heteroatoms. The van der Waals surface area contributed by atoms with E-state index < -0.39 is 5.60 Å². The number of ether oxygens (including phenoxy) is 2. The number of aryl methyl sites for hydroxylation is 3. The van der Waals surface area contributed by atoms with Gasteiger partial charge in [0.1, 0.15) is 17.1 Å². The number of carbonyl (C=O) groups is 2. The number of nitrogens with zero attached hydrogens (tertiary/aromatic N) is 3. The van der Waals surface area contributed by atoms with Crippen LogP contribution in [0.1, 0.15) is 41.0 Å². The van der Waals surface area contributed by atoms with Crippen molar-refractivity contribution in [2.75, 3.05) is 26.7 Å². The maximum atomic E-state index is 12.7. The van der Waals surface area contributed by atoms with E-state index in [9.17, 15) is 9.59 Å². The van der Waals surface area contributed by atoms with Crippen molar-refractivity contribution in [2.45, 2.75) is 45.3 Å². The number of benzene rings is 1. The largest absolute Gasteiger partial charge is 0.497 e. The molecule has 1 aromatic heterocycles. The van der Waals surface area contributed by atoms with Gasteiger partial charge in [-0.15, -0.1) is 0 Å². The quantitative estimate of drug-likeness (QED) is 0.831. The second-order valence-electron chi connectivity index (χ2n) is 8.11. The zero-order chi connectivity index (χ0) is 21.3. The molecule has 0 saturated carbocycles. The van der Waals surface area contributed by atoms with E-state index in [0.29, 0.717) is 62.5 Å². The number of methoxy groups -OCH3 is 1. The first-order chi connectivity index (χ1) is 14.4. The molecule has 2 aliphatic rings. The summed E-state index contributed by atoms with van der Waals surface area (Å²) in [5.41, 5.74) is 2.01. The van der Waals surface area contributed by atoms with E-state index in [0.717, 1.165) is 11.4 Å². The lowest BCUT2D eigenvalue weighted by Crippen LogP contribution is -2.54. The standard InChI is InChI=1S/C22H28N4O4/c1-15-12-16(2)26(24-15)9-6-20(27)25-10-7-22(8-11-25)14-23-21(28)18-13-17(29-3)4-5-19(18)30-22/h4-5,12-13H,6-11,14H2,1-3H3,(H,23,28). The monoisotopic (exact) mass is 412 g/mol. The number of hydrogen-bond donors (Lipinski definition) is 1. The van der Waals surface area contributed by atoms with Crippen LogP contribution in [0.15, 0.2) is 24.3 Å². The van der Waals surface area contributed by atoms with Gasteiger partial charge >= 0.3 is 0 Å². The molecule has 1 fully saturated rings. The number of hydrogen-bond acceptors (Lipinski definition) is 5. The van der Waals surface area contributed by atoms with Gasteiger partial charge in [0.25, 0.3) is 5.91 Å². The zero-order valence-electron chi connectivity index (χ0n) is 17.7. The molecule has 0 bridgehead atoms. The van der Waals surface area contributed by atoms with Crippen LogP contribution in [-0.4, -0.2) is 58.8 Å². The highest BCUT2D eigenvalue weighted by Gasteiger charge is 2.41. The lowest BCUT2D eigenvalue weighted by atomic mass is 9.90. The van der Waals surface area contributed by atoms with E-state index in [1.807, 2.05) is 29.5 Å². The highest BCUT2D eigenvalue weighted by molar-refractivity contribution is 5.97. The van der Waals surface area contributed by atoms with E-state index in [-0.39, 0.29) is 11.8 Å². The molecular formula is C22H28N4O4. The Morgan fingerprint density at radius 3 is 2.70 bits per heavy atom. The summed E-state index contributed by atoms with van der Waals surface area (Å²) in [6, 6.07) is 7.29. The number of fused-ring (bicyclic) bond motifs is 1. The van der Waals surface area contributed by atoms with Gasteiger partial charge in [0.2, 0.25) is 5.91 Å². The third-order valence-corrected chi connectivity index (χ3v) is 6.00. The summed E-state index contributed by atoms with van der Waals surface area (Å²) in [6.07, 6.45) is 1.77. The van der Waals surface area contributed by atoms with Gasteiger partial charge < -0.3 is 19.7 Å². The molecule has 0 unspecified atom stereocenters. The molecule has 4 rings (SSSR count). The summed E-state index contributed by atoms with van der Waals surface area (Å²) >= 11 is 0. The molecule has 0 atom stereocenters. The fourth-order valence-corrected chi connectivity index (χ4v) is 4.21. The van der Waals surface area contributed by atoms with E-state index in [1.54, 1.807) is 25.3 Å². The molecular weight excluding hydrogens is 384 g/mol. The lowest BCUT2D eigenvalue weighted by Gasteiger charge is -2.41. The summed E-state index contributed by atoms with van der Waals surface area (Å²) in [5.74, 6) is 1.14.